The largest absolute Gasteiger partial charge is 0.480 e. The molecule has 3 nitrogen and oxygen atoms in total. The van der Waals surface area contributed by atoms with E-state index in [1.807, 2.05) is 24.3 Å². The predicted octanol–water partition coefficient (Wildman–Crippen LogP) is 2.34. The van der Waals surface area contributed by atoms with Crippen LogP contribution in [0.5, 0.6) is 0 Å². The minimum absolute atomic E-state index is 0.351. The SMILES string of the molecule is CC(N)(CSc1ccc(Br)cc1)C(=O)O. The second kappa shape index (κ2) is 5.01. The molecular weight excluding hydrogens is 278 g/mol. The minimum atomic E-state index is -1.18. The summed E-state index contributed by atoms with van der Waals surface area (Å²) in [5, 5.41) is 8.82. The lowest BCUT2D eigenvalue weighted by Crippen LogP contribution is -2.47. The normalized spacial score (nSPS) is 14.6. The van der Waals surface area contributed by atoms with Gasteiger partial charge in [-0.15, -0.1) is 11.8 Å². The first kappa shape index (κ1) is 12.5. The van der Waals surface area contributed by atoms with Crippen molar-refractivity contribution in [2.45, 2.75) is 17.4 Å². The van der Waals surface area contributed by atoms with Crippen molar-refractivity contribution >= 4 is 33.7 Å². The third kappa shape index (κ3) is 3.85. The Morgan fingerprint density at radius 3 is 2.53 bits per heavy atom. The van der Waals surface area contributed by atoms with Gasteiger partial charge in [0.25, 0.3) is 0 Å². The lowest BCUT2D eigenvalue weighted by atomic mass is 10.1. The van der Waals surface area contributed by atoms with Crippen LogP contribution in [0.2, 0.25) is 0 Å². The second-order valence-corrected chi connectivity index (χ2v) is 5.43. The number of nitrogens with two attached hydrogens (primary N) is 1. The number of benzene rings is 1. The summed E-state index contributed by atoms with van der Waals surface area (Å²) in [6.07, 6.45) is 0. The maximum absolute atomic E-state index is 10.8. The molecule has 0 aliphatic carbocycles. The molecule has 0 spiro atoms. The number of aliphatic carboxylic acids is 1. The molecule has 0 aliphatic heterocycles. The molecular formula is C10H12BrNO2S. The van der Waals surface area contributed by atoms with Gasteiger partial charge in [-0.3, -0.25) is 4.79 Å². The molecule has 5 heteroatoms. The summed E-state index contributed by atoms with van der Waals surface area (Å²) in [6.45, 7) is 1.52. The molecule has 82 valence electrons. The Morgan fingerprint density at radius 1 is 1.53 bits per heavy atom. The van der Waals surface area contributed by atoms with Crippen molar-refractivity contribution in [3.63, 3.8) is 0 Å². The number of thioether (sulfide) groups is 1. The van der Waals surface area contributed by atoms with Crippen molar-refractivity contribution in [1.29, 1.82) is 0 Å². The third-order valence-electron chi connectivity index (χ3n) is 1.84. The molecule has 0 radical (unpaired) electrons. The Kier molecular flexibility index (Phi) is 4.19. The topological polar surface area (TPSA) is 63.3 Å². The smallest absolute Gasteiger partial charge is 0.324 e. The summed E-state index contributed by atoms with van der Waals surface area (Å²) < 4.78 is 1.00. The number of hydrogen-bond donors (Lipinski definition) is 2. The molecule has 1 aromatic carbocycles. The molecule has 0 bridgehead atoms. The second-order valence-electron chi connectivity index (χ2n) is 3.47. The van der Waals surface area contributed by atoms with Crippen molar-refractivity contribution in [2.75, 3.05) is 5.75 Å². The Labute approximate surface area is 101 Å². The van der Waals surface area contributed by atoms with Crippen LogP contribution < -0.4 is 5.73 Å². The van der Waals surface area contributed by atoms with E-state index < -0.39 is 11.5 Å². The average Bonchev–Trinajstić information content (AvgIpc) is 2.17. The van der Waals surface area contributed by atoms with E-state index >= 15 is 0 Å². The van der Waals surface area contributed by atoms with Crippen LogP contribution in [0, 0.1) is 0 Å². The van der Waals surface area contributed by atoms with Gasteiger partial charge in [0.05, 0.1) is 0 Å². The van der Waals surface area contributed by atoms with E-state index in [0.29, 0.717) is 5.75 Å². The van der Waals surface area contributed by atoms with Gasteiger partial charge < -0.3 is 10.8 Å². The summed E-state index contributed by atoms with van der Waals surface area (Å²) in [5.41, 5.74) is 4.42. The summed E-state index contributed by atoms with van der Waals surface area (Å²) in [4.78, 5) is 11.8. The Morgan fingerprint density at radius 2 is 2.07 bits per heavy atom. The van der Waals surface area contributed by atoms with Crippen molar-refractivity contribution in [3.05, 3.63) is 28.7 Å². The van der Waals surface area contributed by atoms with Crippen molar-refractivity contribution in [2.24, 2.45) is 5.73 Å². The standard InChI is InChI=1S/C10H12BrNO2S/c1-10(12,9(13)14)6-15-8-4-2-7(11)3-5-8/h2-5H,6,12H2,1H3,(H,13,14). The number of halogens is 1. The van der Waals surface area contributed by atoms with Crippen LogP contribution in [0.15, 0.2) is 33.6 Å². The van der Waals surface area contributed by atoms with Gasteiger partial charge >= 0.3 is 5.97 Å². The van der Waals surface area contributed by atoms with Crippen molar-refractivity contribution < 1.29 is 9.90 Å². The Balaban J connectivity index is 2.57. The van der Waals surface area contributed by atoms with E-state index in [9.17, 15) is 4.79 Å². The average molecular weight is 290 g/mol. The summed E-state index contributed by atoms with van der Waals surface area (Å²) >= 11 is 4.77. The van der Waals surface area contributed by atoms with Gasteiger partial charge in [-0.2, -0.15) is 0 Å². The maximum atomic E-state index is 10.8. The van der Waals surface area contributed by atoms with Gasteiger partial charge in [-0.25, -0.2) is 0 Å². The van der Waals surface area contributed by atoms with Crippen LogP contribution in [0.25, 0.3) is 0 Å². The highest BCUT2D eigenvalue weighted by Crippen LogP contribution is 2.23. The van der Waals surface area contributed by atoms with E-state index in [4.69, 9.17) is 10.8 Å². The molecule has 0 fully saturated rings. The van der Waals surface area contributed by atoms with E-state index in [1.165, 1.54) is 18.7 Å². The number of carbonyl (C=O) groups is 1. The number of carboxylic acid groups (broad SMARTS) is 1. The molecule has 1 atom stereocenters. The summed E-state index contributed by atoms with van der Waals surface area (Å²) in [6, 6.07) is 7.67. The molecule has 1 rings (SSSR count). The Hall–Kier alpha value is -0.520. The van der Waals surface area contributed by atoms with E-state index in [-0.39, 0.29) is 0 Å². The first-order valence-electron chi connectivity index (χ1n) is 4.32. The fourth-order valence-electron chi connectivity index (χ4n) is 0.826. The number of rotatable bonds is 4. The highest BCUT2D eigenvalue weighted by atomic mass is 79.9. The highest BCUT2D eigenvalue weighted by molar-refractivity contribution is 9.10. The van der Waals surface area contributed by atoms with Gasteiger partial charge in [0, 0.05) is 15.1 Å². The van der Waals surface area contributed by atoms with Crippen molar-refractivity contribution in [1.82, 2.24) is 0 Å². The molecule has 3 N–H and O–H groups in total. The lowest BCUT2D eigenvalue weighted by Gasteiger charge is -2.18. The monoisotopic (exact) mass is 289 g/mol. The Bertz CT molecular complexity index is 351. The van der Waals surface area contributed by atoms with Crippen LogP contribution in [0.4, 0.5) is 0 Å². The molecule has 0 aromatic heterocycles. The van der Waals surface area contributed by atoms with E-state index in [1.54, 1.807) is 0 Å². The minimum Gasteiger partial charge on any atom is -0.480 e. The summed E-state index contributed by atoms with van der Waals surface area (Å²) in [7, 11) is 0. The fourth-order valence-corrected chi connectivity index (χ4v) is 2.01. The molecule has 0 saturated carbocycles. The summed E-state index contributed by atoms with van der Waals surface area (Å²) in [5.74, 6) is -0.628. The third-order valence-corrected chi connectivity index (χ3v) is 3.72. The van der Waals surface area contributed by atoms with Crippen LogP contribution in [0.3, 0.4) is 0 Å². The predicted molar refractivity (Wildman–Crippen MR) is 65.1 cm³/mol. The van der Waals surface area contributed by atoms with Gasteiger partial charge in [-0.05, 0) is 31.2 Å². The maximum Gasteiger partial charge on any atom is 0.324 e. The first-order valence-corrected chi connectivity index (χ1v) is 6.10. The molecule has 0 heterocycles. The van der Waals surface area contributed by atoms with Crippen LogP contribution in [-0.2, 0) is 4.79 Å². The van der Waals surface area contributed by atoms with Gasteiger partial charge in [0.2, 0.25) is 0 Å². The van der Waals surface area contributed by atoms with Gasteiger partial charge in [-0.1, -0.05) is 15.9 Å². The molecule has 15 heavy (non-hydrogen) atoms. The molecule has 1 unspecified atom stereocenters. The molecule has 0 saturated heterocycles. The highest BCUT2D eigenvalue weighted by Gasteiger charge is 2.27. The fraction of sp³-hybridized carbons (Fsp3) is 0.300. The van der Waals surface area contributed by atoms with Crippen LogP contribution in [0.1, 0.15) is 6.92 Å². The van der Waals surface area contributed by atoms with Crippen LogP contribution >= 0.6 is 27.7 Å². The van der Waals surface area contributed by atoms with E-state index in [0.717, 1.165) is 9.37 Å². The molecule has 1 aromatic rings. The van der Waals surface area contributed by atoms with Crippen LogP contribution in [-0.4, -0.2) is 22.4 Å². The zero-order valence-electron chi connectivity index (χ0n) is 8.24. The van der Waals surface area contributed by atoms with E-state index in [2.05, 4.69) is 15.9 Å². The zero-order valence-corrected chi connectivity index (χ0v) is 10.6. The quantitative estimate of drug-likeness (QED) is 0.835. The van der Waals surface area contributed by atoms with Gasteiger partial charge in [0.15, 0.2) is 0 Å². The molecule has 0 amide bonds. The molecule has 0 aliphatic rings. The first-order chi connectivity index (χ1) is 6.92. The van der Waals surface area contributed by atoms with Gasteiger partial charge in [0.1, 0.15) is 5.54 Å². The lowest BCUT2D eigenvalue weighted by molar-refractivity contribution is -0.141. The number of hydrogen-bond acceptors (Lipinski definition) is 3. The van der Waals surface area contributed by atoms with Crippen molar-refractivity contribution in [3.8, 4) is 0 Å². The number of carboxylic acids is 1. The zero-order chi connectivity index (χ0) is 11.5.